The number of nitrogens with zero attached hydrogens (tertiary/aromatic N) is 1. The summed E-state index contributed by atoms with van der Waals surface area (Å²) in [5, 5.41) is 8.19. The van der Waals surface area contributed by atoms with E-state index in [0.29, 0.717) is 39.0 Å². The molecule has 2 aromatic carbocycles. The first kappa shape index (κ1) is 32.7. The number of methoxy groups -OCH3 is 1. The van der Waals surface area contributed by atoms with E-state index in [1.807, 2.05) is 12.1 Å². The highest BCUT2D eigenvalue weighted by atomic mass is 32.1. The third-order valence-electron chi connectivity index (χ3n) is 8.56. The predicted molar refractivity (Wildman–Crippen MR) is 176 cm³/mol. The first-order valence-corrected chi connectivity index (χ1v) is 18.5. The van der Waals surface area contributed by atoms with E-state index in [9.17, 15) is 17.7 Å². The highest BCUT2D eigenvalue weighted by Gasteiger charge is 2.33. The van der Waals surface area contributed by atoms with Gasteiger partial charge < -0.3 is 24.7 Å². The van der Waals surface area contributed by atoms with Crippen LogP contribution >= 0.6 is 18.5 Å². The summed E-state index contributed by atoms with van der Waals surface area (Å²) >= 11 is 1.32. The molecule has 2 aliphatic rings. The molecule has 2 atom stereocenters. The SMILES string of the molecule is COc1cc(P(C)(C)=O)ccc1NCC#Cc1sc2c(N[C@H]3CCN(C4CCOCC4)C[C@@H]3C)cccc2c1CC(F)(F)F. The smallest absolute Gasteiger partial charge is 0.393 e. The molecule has 3 heterocycles. The Morgan fingerprint density at radius 1 is 1.14 bits per heavy atom. The number of halogens is 3. The Bertz CT molecular complexity index is 1570. The number of hydrogen-bond acceptors (Lipinski definition) is 7. The zero-order valence-electron chi connectivity index (χ0n) is 25.7. The van der Waals surface area contributed by atoms with Gasteiger partial charge >= 0.3 is 6.18 Å². The zero-order valence-corrected chi connectivity index (χ0v) is 27.4. The Hall–Kier alpha value is -2.70. The highest BCUT2D eigenvalue weighted by Crippen LogP contribution is 2.40. The monoisotopic (exact) mass is 647 g/mol. The van der Waals surface area contributed by atoms with Gasteiger partial charge in [0.15, 0.2) is 0 Å². The highest BCUT2D eigenvalue weighted by molar-refractivity contribution is 7.70. The lowest BCUT2D eigenvalue weighted by molar-refractivity contribution is -0.126. The molecule has 0 spiro atoms. The predicted octanol–water partition coefficient (Wildman–Crippen LogP) is 7.03. The quantitative estimate of drug-likeness (QED) is 0.202. The fraction of sp³-hybridized carbons (Fsp3) is 0.515. The van der Waals surface area contributed by atoms with Crippen LogP contribution in [0, 0.1) is 17.8 Å². The molecule has 0 aliphatic carbocycles. The van der Waals surface area contributed by atoms with E-state index < -0.39 is 19.7 Å². The molecule has 2 saturated heterocycles. The summed E-state index contributed by atoms with van der Waals surface area (Å²) in [6.07, 6.45) is -2.27. The number of thiophene rings is 1. The maximum atomic E-state index is 13.7. The van der Waals surface area contributed by atoms with Crippen molar-refractivity contribution in [1.82, 2.24) is 4.90 Å². The van der Waals surface area contributed by atoms with Crippen LogP contribution in [0.5, 0.6) is 5.75 Å². The molecule has 2 N–H and O–H groups in total. The molecule has 2 aliphatic heterocycles. The summed E-state index contributed by atoms with van der Waals surface area (Å²) in [5.41, 5.74) is 1.77. The van der Waals surface area contributed by atoms with Gasteiger partial charge in [-0.15, -0.1) is 11.3 Å². The Morgan fingerprint density at radius 2 is 1.91 bits per heavy atom. The zero-order chi connectivity index (χ0) is 31.5. The van der Waals surface area contributed by atoms with Crippen LogP contribution in [0.3, 0.4) is 0 Å². The lowest BCUT2D eigenvalue weighted by atomic mass is 9.91. The van der Waals surface area contributed by atoms with Crippen LogP contribution in [-0.2, 0) is 15.7 Å². The fourth-order valence-corrected chi connectivity index (χ4v) is 8.19. The Morgan fingerprint density at radius 3 is 2.59 bits per heavy atom. The molecule has 0 saturated carbocycles. The number of hydrogen-bond donors (Lipinski definition) is 2. The number of anilines is 2. The number of fused-ring (bicyclic) bond motifs is 1. The molecular weight excluding hydrogens is 606 g/mol. The topological polar surface area (TPSA) is 62.8 Å². The molecule has 2 fully saturated rings. The molecule has 0 radical (unpaired) electrons. The summed E-state index contributed by atoms with van der Waals surface area (Å²) in [6.45, 7) is 9.49. The summed E-state index contributed by atoms with van der Waals surface area (Å²) in [4.78, 5) is 3.01. The minimum atomic E-state index is -4.36. The van der Waals surface area contributed by atoms with Crippen molar-refractivity contribution in [3.8, 4) is 17.6 Å². The van der Waals surface area contributed by atoms with Crippen molar-refractivity contribution in [2.24, 2.45) is 5.92 Å². The second-order valence-corrected chi connectivity index (χ2v) is 16.4. The van der Waals surface area contributed by atoms with Crippen molar-refractivity contribution in [1.29, 1.82) is 0 Å². The molecule has 238 valence electrons. The van der Waals surface area contributed by atoms with Crippen LogP contribution in [0.15, 0.2) is 36.4 Å². The van der Waals surface area contributed by atoms with Gasteiger partial charge in [0.25, 0.3) is 0 Å². The van der Waals surface area contributed by atoms with Crippen molar-refractivity contribution in [3.63, 3.8) is 0 Å². The van der Waals surface area contributed by atoms with E-state index >= 15 is 0 Å². The molecule has 1 aromatic heterocycles. The lowest BCUT2D eigenvalue weighted by Crippen LogP contribution is -2.50. The van der Waals surface area contributed by atoms with Crippen molar-refractivity contribution in [3.05, 3.63) is 46.8 Å². The van der Waals surface area contributed by atoms with E-state index in [1.165, 1.54) is 18.4 Å². The van der Waals surface area contributed by atoms with Crippen LogP contribution in [-0.4, -0.2) is 76.4 Å². The summed E-state index contributed by atoms with van der Waals surface area (Å²) in [5.74, 6) is 6.98. The van der Waals surface area contributed by atoms with E-state index in [2.05, 4.69) is 34.3 Å². The van der Waals surface area contributed by atoms with Gasteiger partial charge in [0.2, 0.25) is 0 Å². The lowest BCUT2D eigenvalue weighted by Gasteiger charge is -2.42. The summed E-state index contributed by atoms with van der Waals surface area (Å²) < 4.78 is 65.5. The van der Waals surface area contributed by atoms with Crippen LogP contribution in [0.4, 0.5) is 24.5 Å². The van der Waals surface area contributed by atoms with E-state index in [0.717, 1.165) is 56.0 Å². The van der Waals surface area contributed by atoms with Crippen LogP contribution in [0.1, 0.15) is 36.6 Å². The molecular formula is C33H41F3N3O3PS. The van der Waals surface area contributed by atoms with Crippen LogP contribution < -0.4 is 20.7 Å². The summed E-state index contributed by atoms with van der Waals surface area (Å²) in [6, 6.07) is 11.7. The number of piperidine rings is 1. The number of nitrogens with one attached hydrogen (secondary N) is 2. The van der Waals surface area contributed by atoms with Gasteiger partial charge in [-0.1, -0.05) is 30.9 Å². The minimum absolute atomic E-state index is 0.208. The van der Waals surface area contributed by atoms with E-state index in [4.69, 9.17) is 9.47 Å². The number of rotatable bonds is 8. The molecule has 44 heavy (non-hydrogen) atoms. The Kier molecular flexibility index (Phi) is 10.2. The van der Waals surface area contributed by atoms with Crippen LogP contribution in [0.25, 0.3) is 10.1 Å². The van der Waals surface area contributed by atoms with Gasteiger partial charge in [-0.05, 0) is 73.7 Å². The minimum Gasteiger partial charge on any atom is -0.495 e. The third kappa shape index (κ3) is 7.92. The molecule has 0 unspecified atom stereocenters. The van der Waals surface area contributed by atoms with Gasteiger partial charge in [-0.25, -0.2) is 0 Å². The van der Waals surface area contributed by atoms with E-state index in [1.54, 1.807) is 37.6 Å². The second kappa shape index (κ2) is 13.7. The second-order valence-electron chi connectivity index (χ2n) is 12.1. The third-order valence-corrected chi connectivity index (χ3v) is 11.3. The number of alkyl halides is 3. The molecule has 11 heteroatoms. The molecule has 6 nitrogen and oxygen atoms in total. The molecule has 5 rings (SSSR count). The van der Waals surface area contributed by atoms with Crippen molar-refractivity contribution < 1.29 is 27.2 Å². The van der Waals surface area contributed by atoms with Crippen LogP contribution in [0.2, 0.25) is 0 Å². The van der Waals surface area contributed by atoms with Gasteiger partial charge in [0.05, 0.1) is 41.0 Å². The average molecular weight is 648 g/mol. The molecule has 0 bridgehead atoms. The van der Waals surface area contributed by atoms with Gasteiger partial charge in [-0.3, -0.25) is 4.90 Å². The van der Waals surface area contributed by atoms with Crippen molar-refractivity contribution >= 4 is 45.2 Å². The fourth-order valence-electron chi connectivity index (χ4n) is 6.16. The van der Waals surface area contributed by atoms with Crippen molar-refractivity contribution in [2.75, 3.05) is 63.9 Å². The molecule has 0 amide bonds. The number of benzene rings is 2. The normalized spacial score (nSPS) is 20.2. The largest absolute Gasteiger partial charge is 0.495 e. The average Bonchev–Trinajstić information content (AvgIpc) is 3.32. The Balaban J connectivity index is 1.34. The first-order valence-electron chi connectivity index (χ1n) is 15.1. The maximum absolute atomic E-state index is 13.7. The van der Waals surface area contributed by atoms with Gasteiger partial charge in [0, 0.05) is 43.7 Å². The molecule has 3 aromatic rings. The maximum Gasteiger partial charge on any atom is 0.393 e. The summed E-state index contributed by atoms with van der Waals surface area (Å²) in [7, 11) is -0.917. The van der Waals surface area contributed by atoms with E-state index in [-0.39, 0.29) is 18.2 Å². The Labute approximate surface area is 262 Å². The number of likely N-dealkylation sites (tertiary alicyclic amines) is 1. The van der Waals surface area contributed by atoms with Gasteiger partial charge in [-0.2, -0.15) is 13.2 Å². The standard InChI is InChI=1S/C33H41F3N3O3PS/c1-22-21-39(23-13-17-42-18-14-23)16-12-27(22)38-29-8-5-7-25-26(20-33(34,35)36)31(44-32(25)29)9-6-15-37-28-11-10-24(43(3,4)40)19-30(28)41-2/h5,7-8,10-11,19,22-23,27,37-38H,12-18,20-21H2,1-4H3/t22-,27-/m0/s1. The first-order chi connectivity index (χ1) is 20.9. The number of ether oxygens (including phenoxy) is 2. The van der Waals surface area contributed by atoms with Gasteiger partial charge in [0.1, 0.15) is 12.9 Å². The van der Waals surface area contributed by atoms with Crippen molar-refractivity contribution in [2.45, 2.75) is 50.9 Å².